The minimum Gasteiger partial charge on any atom is -0.481 e. The Hall–Kier alpha value is -2.84. The predicted molar refractivity (Wildman–Crippen MR) is 90.3 cm³/mol. The first kappa shape index (κ1) is 17.5. The van der Waals surface area contributed by atoms with Gasteiger partial charge in [0.25, 0.3) is 5.91 Å². The van der Waals surface area contributed by atoms with Crippen molar-refractivity contribution in [2.45, 2.75) is 25.5 Å². The zero-order valence-electron chi connectivity index (χ0n) is 13.5. The van der Waals surface area contributed by atoms with Gasteiger partial charge in [-0.1, -0.05) is 36.4 Å². The van der Waals surface area contributed by atoms with Crippen LogP contribution in [0.5, 0.6) is 5.75 Å². The standard InChI is InChI=1S/C19H20N2O3/c1-14(24-17-9-5-6-15(12-17)13-20)19(23)21-18(10-11-22)16-7-3-2-4-8-16/h2-9,12,14,18,22H,10-11H2,1H3,(H,21,23). The molecule has 2 N–H and O–H groups in total. The Labute approximate surface area is 141 Å². The highest BCUT2D eigenvalue weighted by atomic mass is 16.5. The third-order valence-electron chi connectivity index (χ3n) is 3.58. The molecule has 0 aliphatic carbocycles. The van der Waals surface area contributed by atoms with E-state index < -0.39 is 6.10 Å². The van der Waals surface area contributed by atoms with Crippen LogP contribution in [-0.4, -0.2) is 23.7 Å². The number of nitrogens with zero attached hydrogens (tertiary/aromatic N) is 1. The molecule has 0 radical (unpaired) electrons. The van der Waals surface area contributed by atoms with Gasteiger partial charge >= 0.3 is 0 Å². The Morgan fingerprint density at radius 1 is 1.25 bits per heavy atom. The molecule has 0 aliphatic rings. The molecule has 2 rings (SSSR count). The van der Waals surface area contributed by atoms with Crippen LogP contribution in [0.15, 0.2) is 54.6 Å². The second-order valence-corrected chi connectivity index (χ2v) is 5.38. The van der Waals surface area contributed by atoms with E-state index in [1.807, 2.05) is 36.4 Å². The Kier molecular flexibility index (Phi) is 6.35. The first-order chi connectivity index (χ1) is 11.6. The lowest BCUT2D eigenvalue weighted by Crippen LogP contribution is -2.39. The SMILES string of the molecule is CC(Oc1cccc(C#N)c1)C(=O)NC(CCO)c1ccccc1. The summed E-state index contributed by atoms with van der Waals surface area (Å²) in [5.74, 6) is 0.190. The topological polar surface area (TPSA) is 82.3 Å². The van der Waals surface area contributed by atoms with Crippen LogP contribution < -0.4 is 10.1 Å². The number of aliphatic hydroxyl groups is 1. The number of hydrogen-bond acceptors (Lipinski definition) is 4. The number of ether oxygens (including phenoxy) is 1. The molecular formula is C19H20N2O3. The number of hydrogen-bond donors (Lipinski definition) is 2. The summed E-state index contributed by atoms with van der Waals surface area (Å²) in [5.41, 5.74) is 1.40. The number of amides is 1. The molecule has 5 heteroatoms. The average Bonchev–Trinajstić information content (AvgIpc) is 2.62. The second kappa shape index (κ2) is 8.70. The van der Waals surface area contributed by atoms with Crippen LogP contribution in [0, 0.1) is 11.3 Å². The highest BCUT2D eigenvalue weighted by Gasteiger charge is 2.20. The van der Waals surface area contributed by atoms with Crippen molar-refractivity contribution >= 4 is 5.91 Å². The van der Waals surface area contributed by atoms with Crippen molar-refractivity contribution in [3.63, 3.8) is 0 Å². The Balaban J connectivity index is 2.02. The summed E-state index contributed by atoms with van der Waals surface area (Å²) in [4.78, 5) is 12.4. The quantitative estimate of drug-likeness (QED) is 0.820. The summed E-state index contributed by atoms with van der Waals surface area (Å²) in [5, 5.41) is 21.0. The van der Waals surface area contributed by atoms with E-state index in [2.05, 4.69) is 5.32 Å². The molecule has 0 saturated carbocycles. The molecule has 24 heavy (non-hydrogen) atoms. The van der Waals surface area contributed by atoms with Gasteiger partial charge in [0.2, 0.25) is 0 Å². The van der Waals surface area contributed by atoms with Crippen molar-refractivity contribution in [3.05, 3.63) is 65.7 Å². The van der Waals surface area contributed by atoms with Gasteiger partial charge in [0.05, 0.1) is 17.7 Å². The molecule has 2 unspecified atom stereocenters. The van der Waals surface area contributed by atoms with Gasteiger partial charge < -0.3 is 15.2 Å². The van der Waals surface area contributed by atoms with Gasteiger partial charge in [0.15, 0.2) is 6.10 Å². The molecule has 0 heterocycles. The fraction of sp³-hybridized carbons (Fsp3) is 0.263. The van der Waals surface area contributed by atoms with E-state index in [4.69, 9.17) is 10.00 Å². The third kappa shape index (κ3) is 4.83. The van der Waals surface area contributed by atoms with E-state index in [1.165, 1.54) is 0 Å². The molecule has 1 amide bonds. The molecule has 5 nitrogen and oxygen atoms in total. The van der Waals surface area contributed by atoms with Gasteiger partial charge in [-0.25, -0.2) is 0 Å². The van der Waals surface area contributed by atoms with E-state index in [9.17, 15) is 9.90 Å². The molecule has 0 bridgehead atoms. The number of carbonyl (C=O) groups excluding carboxylic acids is 1. The Morgan fingerprint density at radius 2 is 2.00 bits per heavy atom. The Morgan fingerprint density at radius 3 is 2.67 bits per heavy atom. The molecule has 0 aromatic heterocycles. The van der Waals surface area contributed by atoms with Crippen molar-refractivity contribution in [1.29, 1.82) is 5.26 Å². The van der Waals surface area contributed by atoms with Crippen molar-refractivity contribution < 1.29 is 14.6 Å². The van der Waals surface area contributed by atoms with E-state index in [0.29, 0.717) is 17.7 Å². The maximum absolute atomic E-state index is 12.4. The van der Waals surface area contributed by atoms with Crippen molar-refractivity contribution in [2.75, 3.05) is 6.61 Å². The van der Waals surface area contributed by atoms with E-state index >= 15 is 0 Å². The number of aliphatic hydroxyl groups excluding tert-OH is 1. The monoisotopic (exact) mass is 324 g/mol. The van der Waals surface area contributed by atoms with E-state index in [0.717, 1.165) is 5.56 Å². The molecule has 0 saturated heterocycles. The molecule has 0 fully saturated rings. The van der Waals surface area contributed by atoms with Crippen LogP contribution in [0.1, 0.15) is 30.5 Å². The lowest BCUT2D eigenvalue weighted by atomic mass is 10.0. The summed E-state index contributed by atoms with van der Waals surface area (Å²) >= 11 is 0. The highest BCUT2D eigenvalue weighted by Crippen LogP contribution is 2.18. The number of benzene rings is 2. The zero-order chi connectivity index (χ0) is 17.4. The summed E-state index contributed by atoms with van der Waals surface area (Å²) in [6, 6.07) is 17.9. The summed E-state index contributed by atoms with van der Waals surface area (Å²) in [6.45, 7) is 1.62. The Bertz CT molecular complexity index is 710. The maximum Gasteiger partial charge on any atom is 0.261 e. The second-order valence-electron chi connectivity index (χ2n) is 5.38. The van der Waals surface area contributed by atoms with Gasteiger partial charge in [-0.05, 0) is 37.1 Å². The van der Waals surface area contributed by atoms with Gasteiger partial charge in [-0.2, -0.15) is 5.26 Å². The number of rotatable bonds is 7. The lowest BCUT2D eigenvalue weighted by molar-refractivity contribution is -0.128. The fourth-order valence-electron chi connectivity index (χ4n) is 2.32. The van der Waals surface area contributed by atoms with Gasteiger partial charge in [-0.3, -0.25) is 4.79 Å². The van der Waals surface area contributed by atoms with Crippen LogP contribution in [0.2, 0.25) is 0 Å². The number of carbonyl (C=O) groups is 1. The fourth-order valence-corrected chi connectivity index (χ4v) is 2.32. The largest absolute Gasteiger partial charge is 0.481 e. The van der Waals surface area contributed by atoms with Crippen LogP contribution >= 0.6 is 0 Å². The third-order valence-corrected chi connectivity index (χ3v) is 3.58. The number of nitrogens with one attached hydrogen (secondary N) is 1. The van der Waals surface area contributed by atoms with Crippen molar-refractivity contribution in [2.24, 2.45) is 0 Å². The zero-order valence-corrected chi connectivity index (χ0v) is 13.5. The number of nitriles is 1. The van der Waals surface area contributed by atoms with Crippen LogP contribution in [0.4, 0.5) is 0 Å². The normalized spacial score (nSPS) is 12.7. The van der Waals surface area contributed by atoms with Crippen molar-refractivity contribution in [3.8, 4) is 11.8 Å². The molecule has 0 aliphatic heterocycles. The predicted octanol–water partition coefficient (Wildman–Crippen LogP) is 2.57. The summed E-state index contributed by atoms with van der Waals surface area (Å²) in [6.07, 6.45) is -0.296. The average molecular weight is 324 g/mol. The van der Waals surface area contributed by atoms with Gasteiger partial charge in [0.1, 0.15) is 5.75 Å². The first-order valence-corrected chi connectivity index (χ1v) is 7.77. The van der Waals surface area contributed by atoms with Crippen LogP contribution in [0.25, 0.3) is 0 Å². The molecule has 2 aromatic rings. The van der Waals surface area contributed by atoms with Crippen LogP contribution in [-0.2, 0) is 4.79 Å². The highest BCUT2D eigenvalue weighted by molar-refractivity contribution is 5.81. The van der Waals surface area contributed by atoms with E-state index in [1.54, 1.807) is 31.2 Å². The minimum absolute atomic E-state index is 0.0285. The van der Waals surface area contributed by atoms with E-state index in [-0.39, 0.29) is 18.6 Å². The molecule has 2 atom stereocenters. The molecule has 124 valence electrons. The van der Waals surface area contributed by atoms with Gasteiger partial charge in [-0.15, -0.1) is 0 Å². The summed E-state index contributed by atoms with van der Waals surface area (Å²) < 4.78 is 5.61. The lowest BCUT2D eigenvalue weighted by Gasteiger charge is -2.21. The molecular weight excluding hydrogens is 304 g/mol. The maximum atomic E-state index is 12.4. The smallest absolute Gasteiger partial charge is 0.261 e. The van der Waals surface area contributed by atoms with Crippen molar-refractivity contribution in [1.82, 2.24) is 5.32 Å². The van der Waals surface area contributed by atoms with Crippen LogP contribution in [0.3, 0.4) is 0 Å². The molecule has 2 aromatic carbocycles. The van der Waals surface area contributed by atoms with Gasteiger partial charge in [0, 0.05) is 6.61 Å². The summed E-state index contributed by atoms with van der Waals surface area (Å²) in [7, 11) is 0. The molecule has 0 spiro atoms. The minimum atomic E-state index is -0.719. The first-order valence-electron chi connectivity index (χ1n) is 7.77.